The standard InChI is InChI=1S/C17H19F3N2O2S.ClH/c18-17(19,20)15-9-4-5-10-16(15)25(23,24)22(12-6-11-21)13-14-7-2-1-3-8-14;/h1-5,7-10H,6,11-13,21H2;1H. The SMILES string of the molecule is Cl.NCCCN(Cc1ccccc1)S(=O)(=O)c1ccccc1C(F)(F)F. The van der Waals surface area contributed by atoms with E-state index in [-0.39, 0.29) is 32.0 Å². The summed E-state index contributed by atoms with van der Waals surface area (Å²) in [6, 6.07) is 12.9. The third-order valence-electron chi connectivity index (χ3n) is 3.62. The van der Waals surface area contributed by atoms with E-state index in [1.807, 2.05) is 0 Å². The molecule has 0 spiro atoms. The summed E-state index contributed by atoms with van der Waals surface area (Å²) in [5.74, 6) is 0. The molecule has 0 aliphatic carbocycles. The molecule has 2 aromatic rings. The molecule has 0 aliphatic heterocycles. The summed E-state index contributed by atoms with van der Waals surface area (Å²) < 4.78 is 66.5. The molecule has 0 saturated carbocycles. The lowest BCUT2D eigenvalue weighted by molar-refractivity contribution is -0.139. The van der Waals surface area contributed by atoms with Crippen molar-refractivity contribution in [2.45, 2.75) is 24.0 Å². The number of alkyl halides is 3. The van der Waals surface area contributed by atoms with Crippen LogP contribution >= 0.6 is 12.4 Å². The summed E-state index contributed by atoms with van der Waals surface area (Å²) in [5, 5.41) is 0. The number of sulfonamides is 1. The van der Waals surface area contributed by atoms with E-state index >= 15 is 0 Å². The average Bonchev–Trinajstić information content (AvgIpc) is 2.58. The molecule has 2 aromatic carbocycles. The van der Waals surface area contributed by atoms with Crippen molar-refractivity contribution in [3.05, 3.63) is 65.7 Å². The summed E-state index contributed by atoms with van der Waals surface area (Å²) in [7, 11) is -4.33. The van der Waals surface area contributed by atoms with Gasteiger partial charge in [-0.15, -0.1) is 12.4 Å². The van der Waals surface area contributed by atoms with Gasteiger partial charge in [-0.3, -0.25) is 0 Å². The van der Waals surface area contributed by atoms with Crippen molar-refractivity contribution in [1.82, 2.24) is 4.31 Å². The number of rotatable bonds is 7. The Balaban J connectivity index is 0.00000338. The Hall–Kier alpha value is -1.61. The molecule has 0 aliphatic rings. The van der Waals surface area contributed by atoms with Gasteiger partial charge in [0.1, 0.15) is 0 Å². The van der Waals surface area contributed by atoms with E-state index in [9.17, 15) is 21.6 Å². The zero-order valence-corrected chi connectivity index (χ0v) is 15.4. The van der Waals surface area contributed by atoms with Crippen molar-refractivity contribution in [2.75, 3.05) is 13.1 Å². The van der Waals surface area contributed by atoms with Gasteiger partial charge in [-0.05, 0) is 30.7 Å². The molecule has 0 unspecified atom stereocenters. The third kappa shape index (κ3) is 5.44. The van der Waals surface area contributed by atoms with Crippen molar-refractivity contribution in [1.29, 1.82) is 0 Å². The van der Waals surface area contributed by atoms with Gasteiger partial charge in [0.2, 0.25) is 10.0 Å². The summed E-state index contributed by atoms with van der Waals surface area (Å²) in [6.07, 6.45) is -4.41. The first-order valence-corrected chi connectivity index (χ1v) is 9.11. The minimum atomic E-state index is -4.75. The number of nitrogens with two attached hydrogens (primary N) is 1. The summed E-state index contributed by atoms with van der Waals surface area (Å²) >= 11 is 0. The van der Waals surface area contributed by atoms with Crippen molar-refractivity contribution >= 4 is 22.4 Å². The molecule has 0 fully saturated rings. The largest absolute Gasteiger partial charge is 0.417 e. The van der Waals surface area contributed by atoms with Crippen LogP contribution in [-0.4, -0.2) is 25.8 Å². The van der Waals surface area contributed by atoms with Crippen molar-refractivity contribution in [2.24, 2.45) is 5.73 Å². The van der Waals surface area contributed by atoms with Gasteiger partial charge in [0.05, 0.1) is 10.5 Å². The highest BCUT2D eigenvalue weighted by Crippen LogP contribution is 2.35. The molecule has 0 saturated heterocycles. The monoisotopic (exact) mass is 408 g/mol. The second kappa shape index (κ2) is 9.36. The highest BCUT2D eigenvalue weighted by molar-refractivity contribution is 7.89. The maximum atomic E-state index is 13.2. The Morgan fingerprint density at radius 3 is 2.12 bits per heavy atom. The summed E-state index contributed by atoms with van der Waals surface area (Å²) in [5.41, 5.74) is 4.97. The van der Waals surface area contributed by atoms with E-state index < -0.39 is 26.7 Å². The highest BCUT2D eigenvalue weighted by atomic mass is 35.5. The molecule has 0 heterocycles. The maximum Gasteiger partial charge on any atom is 0.417 e. The maximum absolute atomic E-state index is 13.2. The van der Waals surface area contributed by atoms with Crippen LogP contribution in [0.25, 0.3) is 0 Å². The van der Waals surface area contributed by atoms with Crippen LogP contribution in [0.15, 0.2) is 59.5 Å². The van der Waals surface area contributed by atoms with Gasteiger partial charge in [0, 0.05) is 13.1 Å². The Morgan fingerprint density at radius 2 is 1.54 bits per heavy atom. The Labute approximate surface area is 157 Å². The average molecular weight is 409 g/mol. The molecule has 144 valence electrons. The summed E-state index contributed by atoms with van der Waals surface area (Å²) in [4.78, 5) is -0.740. The van der Waals surface area contributed by atoms with Gasteiger partial charge in [0.25, 0.3) is 0 Å². The third-order valence-corrected chi connectivity index (χ3v) is 5.53. The van der Waals surface area contributed by atoms with Gasteiger partial charge in [-0.1, -0.05) is 42.5 Å². The topological polar surface area (TPSA) is 63.4 Å². The smallest absolute Gasteiger partial charge is 0.330 e. The molecule has 9 heteroatoms. The van der Waals surface area contributed by atoms with Crippen LogP contribution in [0.5, 0.6) is 0 Å². The normalized spacial score (nSPS) is 12.0. The van der Waals surface area contributed by atoms with Crippen LogP contribution in [0, 0.1) is 0 Å². The van der Waals surface area contributed by atoms with Gasteiger partial charge in [0.15, 0.2) is 0 Å². The zero-order valence-electron chi connectivity index (χ0n) is 13.8. The fraction of sp³-hybridized carbons (Fsp3) is 0.294. The molecule has 26 heavy (non-hydrogen) atoms. The Morgan fingerprint density at radius 1 is 0.962 bits per heavy atom. The van der Waals surface area contributed by atoms with E-state index in [4.69, 9.17) is 5.73 Å². The van der Waals surface area contributed by atoms with Crippen LogP contribution in [0.3, 0.4) is 0 Å². The number of halogens is 4. The molecule has 0 atom stereocenters. The van der Waals surface area contributed by atoms with Gasteiger partial charge in [-0.2, -0.15) is 17.5 Å². The second-order valence-corrected chi connectivity index (χ2v) is 7.37. The Bertz CT molecular complexity index is 799. The molecule has 0 aromatic heterocycles. The molecule has 0 amide bonds. The van der Waals surface area contributed by atoms with Crippen LogP contribution in [0.2, 0.25) is 0 Å². The predicted molar refractivity (Wildman–Crippen MR) is 96.4 cm³/mol. The van der Waals surface area contributed by atoms with Gasteiger partial charge < -0.3 is 5.73 Å². The van der Waals surface area contributed by atoms with Gasteiger partial charge >= 0.3 is 6.18 Å². The minimum Gasteiger partial charge on any atom is -0.330 e. The van der Waals surface area contributed by atoms with Crippen LogP contribution < -0.4 is 5.73 Å². The van der Waals surface area contributed by atoms with E-state index in [1.54, 1.807) is 30.3 Å². The molecule has 0 bridgehead atoms. The van der Waals surface area contributed by atoms with Crippen LogP contribution in [0.4, 0.5) is 13.2 Å². The lowest BCUT2D eigenvalue weighted by atomic mass is 10.2. The second-order valence-electron chi connectivity index (χ2n) is 5.46. The Kier molecular flexibility index (Phi) is 8.08. The fourth-order valence-corrected chi connectivity index (χ4v) is 4.08. The van der Waals surface area contributed by atoms with Crippen molar-refractivity contribution in [3.8, 4) is 0 Å². The van der Waals surface area contributed by atoms with E-state index in [0.29, 0.717) is 12.0 Å². The molecule has 2 N–H and O–H groups in total. The summed E-state index contributed by atoms with van der Waals surface area (Å²) in [6.45, 7) is 0.261. The van der Waals surface area contributed by atoms with Crippen LogP contribution in [0.1, 0.15) is 17.5 Å². The first-order valence-electron chi connectivity index (χ1n) is 7.67. The van der Waals surface area contributed by atoms with E-state index in [2.05, 4.69) is 0 Å². The quantitative estimate of drug-likeness (QED) is 0.760. The van der Waals surface area contributed by atoms with Gasteiger partial charge in [-0.25, -0.2) is 8.42 Å². The lowest BCUT2D eigenvalue weighted by Crippen LogP contribution is -2.33. The number of benzene rings is 2. The lowest BCUT2D eigenvalue weighted by Gasteiger charge is -2.24. The van der Waals surface area contributed by atoms with Crippen molar-refractivity contribution in [3.63, 3.8) is 0 Å². The highest BCUT2D eigenvalue weighted by Gasteiger charge is 2.38. The number of nitrogens with zero attached hydrogens (tertiary/aromatic N) is 1. The number of hydrogen-bond acceptors (Lipinski definition) is 3. The molecule has 4 nitrogen and oxygen atoms in total. The number of hydrogen-bond donors (Lipinski definition) is 1. The molecular weight excluding hydrogens is 389 g/mol. The van der Waals surface area contributed by atoms with Crippen molar-refractivity contribution < 1.29 is 21.6 Å². The predicted octanol–water partition coefficient (Wildman–Crippen LogP) is 3.67. The van der Waals surface area contributed by atoms with Crippen LogP contribution in [-0.2, 0) is 22.7 Å². The first kappa shape index (κ1) is 22.4. The molecule has 2 rings (SSSR count). The fourth-order valence-electron chi connectivity index (χ4n) is 2.40. The first-order chi connectivity index (χ1) is 11.8. The molecule has 0 radical (unpaired) electrons. The minimum absolute atomic E-state index is 0. The zero-order chi connectivity index (χ0) is 18.5. The molecular formula is C17H20ClF3N2O2S. The van der Waals surface area contributed by atoms with E-state index in [1.165, 1.54) is 12.1 Å². The van der Waals surface area contributed by atoms with E-state index in [0.717, 1.165) is 16.4 Å².